The van der Waals surface area contributed by atoms with E-state index in [-0.39, 0.29) is 17.7 Å². The topological polar surface area (TPSA) is 101 Å². The number of rotatable bonds is 7. The molecule has 4 aromatic rings. The average molecular weight is 563 g/mol. The van der Waals surface area contributed by atoms with E-state index < -0.39 is 18.3 Å². The molecule has 0 bridgehead atoms. The van der Waals surface area contributed by atoms with Crippen molar-refractivity contribution in [1.82, 2.24) is 29.4 Å². The Labute approximate surface area is 236 Å². The molecule has 12 heteroatoms. The molecule has 10 nitrogen and oxygen atoms in total. The normalized spacial score (nSPS) is 17.3. The molecule has 1 N–H and O–H groups in total. The maximum absolute atomic E-state index is 14.1. The molecule has 6 rings (SSSR count). The Kier molecular flexibility index (Phi) is 7.73. The van der Waals surface area contributed by atoms with E-state index in [9.17, 15) is 13.6 Å². The number of benzene rings is 1. The molecular weight excluding hydrogens is 530 g/mol. The van der Waals surface area contributed by atoms with Crippen molar-refractivity contribution in [2.75, 3.05) is 49.6 Å². The van der Waals surface area contributed by atoms with Crippen LogP contribution in [0.15, 0.2) is 54.9 Å². The van der Waals surface area contributed by atoms with E-state index >= 15 is 0 Å². The summed E-state index contributed by atoms with van der Waals surface area (Å²) in [5, 5.41) is 3.16. The summed E-state index contributed by atoms with van der Waals surface area (Å²) in [6, 6.07) is 12.1. The van der Waals surface area contributed by atoms with Gasteiger partial charge in [-0.3, -0.25) is 14.3 Å². The van der Waals surface area contributed by atoms with Crippen molar-refractivity contribution in [2.45, 2.75) is 38.2 Å². The van der Waals surface area contributed by atoms with Crippen molar-refractivity contribution >= 4 is 28.7 Å². The number of para-hydroxylation sites is 2. The number of halogens is 2. The second kappa shape index (κ2) is 11.7. The summed E-state index contributed by atoms with van der Waals surface area (Å²) in [6.07, 6.45) is 2.54. The van der Waals surface area contributed by atoms with Crippen LogP contribution in [-0.4, -0.2) is 80.7 Å². The van der Waals surface area contributed by atoms with Crippen LogP contribution in [0.1, 0.15) is 43.5 Å². The summed E-state index contributed by atoms with van der Waals surface area (Å²) in [5.74, 6) is 0.957. The molecule has 0 saturated carbocycles. The minimum atomic E-state index is -2.81. The fourth-order valence-corrected chi connectivity index (χ4v) is 5.59. The molecule has 0 radical (unpaired) electrons. The highest BCUT2D eigenvalue weighted by molar-refractivity contribution is 5.84. The highest BCUT2D eigenvalue weighted by Gasteiger charge is 2.28. The van der Waals surface area contributed by atoms with Crippen LogP contribution >= 0.6 is 0 Å². The van der Waals surface area contributed by atoms with Gasteiger partial charge in [-0.1, -0.05) is 12.1 Å². The Morgan fingerprint density at radius 1 is 0.976 bits per heavy atom. The number of carbonyl (C=O) groups excluding carboxylic acids is 1. The monoisotopic (exact) mass is 562 g/mol. The second-order valence-corrected chi connectivity index (χ2v) is 10.3. The van der Waals surface area contributed by atoms with Gasteiger partial charge in [-0.25, -0.2) is 13.8 Å². The molecule has 3 aromatic heterocycles. The molecule has 41 heavy (non-hydrogen) atoms. The number of anilines is 2. The molecule has 0 aliphatic carbocycles. The highest BCUT2D eigenvalue weighted by atomic mass is 19.3. The Hall–Kier alpha value is -4.19. The van der Waals surface area contributed by atoms with E-state index in [2.05, 4.69) is 20.3 Å². The number of pyridine rings is 1. The zero-order valence-corrected chi connectivity index (χ0v) is 22.8. The molecule has 0 spiro atoms. The summed E-state index contributed by atoms with van der Waals surface area (Å²) >= 11 is 0. The van der Waals surface area contributed by atoms with Crippen LogP contribution in [0.3, 0.4) is 0 Å². The molecule has 1 amide bonds. The van der Waals surface area contributed by atoms with E-state index in [4.69, 9.17) is 9.72 Å². The number of likely N-dealkylation sites (tertiary alicyclic amines) is 1. The first-order chi connectivity index (χ1) is 20.0. The molecule has 1 atom stereocenters. The first-order valence-electron chi connectivity index (χ1n) is 13.9. The number of alkyl halides is 2. The predicted octanol–water partition coefficient (Wildman–Crippen LogP) is 4.19. The number of piperidine rings is 1. The number of nitrogens with zero attached hydrogens (tertiary/aromatic N) is 7. The summed E-state index contributed by atoms with van der Waals surface area (Å²) in [4.78, 5) is 34.9. The third kappa shape index (κ3) is 5.69. The van der Waals surface area contributed by atoms with Gasteiger partial charge >= 0.3 is 0 Å². The van der Waals surface area contributed by atoms with Gasteiger partial charge in [-0.15, -0.1) is 0 Å². The summed E-state index contributed by atoms with van der Waals surface area (Å²) in [7, 11) is 0. The van der Waals surface area contributed by atoms with Crippen molar-refractivity contribution in [2.24, 2.45) is 0 Å². The smallest absolute Gasteiger partial charge is 0.296 e. The SMILES string of the molecule is C[C@H](Nc1nc(N2CCOCC2)cc(-n2c(C(F)F)nc3ccccc32)n1)C(=O)N1CCC(c2ccncc2)CC1. The number of aromatic nitrogens is 5. The molecule has 2 aliphatic rings. The van der Waals surface area contributed by atoms with Crippen molar-refractivity contribution in [1.29, 1.82) is 0 Å². The van der Waals surface area contributed by atoms with Crippen LogP contribution in [0, 0.1) is 0 Å². The number of nitrogens with one attached hydrogen (secondary N) is 1. The van der Waals surface area contributed by atoms with Crippen molar-refractivity contribution < 1.29 is 18.3 Å². The quantitative estimate of drug-likeness (QED) is 0.358. The van der Waals surface area contributed by atoms with Crippen molar-refractivity contribution in [3.63, 3.8) is 0 Å². The Balaban J connectivity index is 1.27. The Morgan fingerprint density at radius 3 is 2.41 bits per heavy atom. The predicted molar refractivity (Wildman–Crippen MR) is 151 cm³/mol. The number of hydrogen-bond acceptors (Lipinski definition) is 8. The largest absolute Gasteiger partial charge is 0.378 e. The highest BCUT2D eigenvalue weighted by Crippen LogP contribution is 2.30. The number of fused-ring (bicyclic) bond motifs is 1. The van der Waals surface area contributed by atoms with Gasteiger partial charge in [0.25, 0.3) is 6.43 Å². The zero-order valence-electron chi connectivity index (χ0n) is 22.8. The standard InChI is InChI=1S/C29H32F2N8O2/c1-19(28(40)38-12-8-21(9-13-38)20-6-10-32-11-7-20)33-29-35-24(37-14-16-41-17-15-37)18-25(36-29)39-23-5-3-2-4-22(23)34-27(39)26(30)31/h2-7,10-11,18-19,21,26H,8-9,12-17H2,1H3,(H,33,35,36)/t19-/m0/s1. The molecular formula is C29H32F2N8O2. The first-order valence-corrected chi connectivity index (χ1v) is 13.9. The number of carbonyl (C=O) groups is 1. The molecule has 2 fully saturated rings. The average Bonchev–Trinajstić information content (AvgIpc) is 3.42. The minimum absolute atomic E-state index is 0.0542. The van der Waals surface area contributed by atoms with Crippen LogP contribution < -0.4 is 10.2 Å². The molecule has 2 saturated heterocycles. The fraction of sp³-hybridized carbons (Fsp3) is 0.414. The number of imidazole rings is 1. The summed E-state index contributed by atoms with van der Waals surface area (Å²) in [5.41, 5.74) is 2.21. The Bertz CT molecular complexity index is 1500. The molecule has 2 aliphatic heterocycles. The van der Waals surface area contributed by atoms with Crippen LogP contribution in [0.4, 0.5) is 20.5 Å². The van der Waals surface area contributed by atoms with Gasteiger partial charge in [0.1, 0.15) is 17.7 Å². The maximum Gasteiger partial charge on any atom is 0.296 e. The van der Waals surface area contributed by atoms with Crippen molar-refractivity contribution in [3.05, 3.63) is 66.2 Å². The van der Waals surface area contributed by atoms with Gasteiger partial charge < -0.3 is 19.9 Å². The molecule has 214 valence electrons. The van der Waals surface area contributed by atoms with Gasteiger partial charge in [0, 0.05) is 44.6 Å². The molecule has 5 heterocycles. The molecule has 0 unspecified atom stereocenters. The van der Waals surface area contributed by atoms with Crippen LogP contribution in [-0.2, 0) is 9.53 Å². The lowest BCUT2D eigenvalue weighted by Gasteiger charge is -2.34. The van der Waals surface area contributed by atoms with E-state index in [1.807, 2.05) is 21.9 Å². The lowest BCUT2D eigenvalue weighted by molar-refractivity contribution is -0.132. The third-order valence-electron chi connectivity index (χ3n) is 7.75. The number of ether oxygens (including phenoxy) is 1. The van der Waals surface area contributed by atoms with Gasteiger partial charge in [0.05, 0.1) is 24.2 Å². The van der Waals surface area contributed by atoms with E-state index in [1.165, 1.54) is 10.1 Å². The summed E-state index contributed by atoms with van der Waals surface area (Å²) in [6.45, 7) is 5.34. The third-order valence-corrected chi connectivity index (χ3v) is 7.75. The van der Waals surface area contributed by atoms with E-state index in [0.717, 1.165) is 12.8 Å². The van der Waals surface area contributed by atoms with Gasteiger partial charge in [-0.05, 0) is 55.5 Å². The van der Waals surface area contributed by atoms with Gasteiger partial charge in [0.2, 0.25) is 11.9 Å². The first kappa shape index (κ1) is 27.0. The summed E-state index contributed by atoms with van der Waals surface area (Å²) < 4.78 is 35.1. The van der Waals surface area contributed by atoms with Gasteiger partial charge in [0.15, 0.2) is 5.82 Å². The van der Waals surface area contributed by atoms with Crippen molar-refractivity contribution in [3.8, 4) is 5.82 Å². The van der Waals surface area contributed by atoms with Crippen LogP contribution in [0.5, 0.6) is 0 Å². The number of morpholine rings is 1. The number of hydrogen-bond donors (Lipinski definition) is 1. The second-order valence-electron chi connectivity index (χ2n) is 10.3. The van der Waals surface area contributed by atoms with E-state index in [0.29, 0.717) is 62.2 Å². The maximum atomic E-state index is 14.1. The lowest BCUT2D eigenvalue weighted by atomic mass is 9.90. The lowest BCUT2D eigenvalue weighted by Crippen LogP contribution is -2.45. The van der Waals surface area contributed by atoms with E-state index in [1.54, 1.807) is 49.6 Å². The van der Waals surface area contributed by atoms with Gasteiger partial charge in [-0.2, -0.15) is 9.97 Å². The van der Waals surface area contributed by atoms with Crippen LogP contribution in [0.2, 0.25) is 0 Å². The molecule has 1 aromatic carbocycles. The fourth-order valence-electron chi connectivity index (χ4n) is 5.59. The van der Waals surface area contributed by atoms with Crippen LogP contribution in [0.25, 0.3) is 16.9 Å². The Morgan fingerprint density at radius 2 is 1.68 bits per heavy atom. The number of amides is 1. The zero-order chi connectivity index (χ0) is 28.3. The minimum Gasteiger partial charge on any atom is -0.378 e.